The maximum Gasteiger partial charge on any atom is 0.297 e. The molecule has 1 saturated heterocycles. The van der Waals surface area contributed by atoms with Crippen molar-refractivity contribution in [1.29, 1.82) is 5.26 Å². The highest BCUT2D eigenvalue weighted by Gasteiger charge is 2.23. The fourth-order valence-electron chi connectivity index (χ4n) is 3.28. The number of piperidine rings is 1. The van der Waals surface area contributed by atoms with E-state index in [1.165, 1.54) is 10.6 Å². The first-order chi connectivity index (χ1) is 13.9. The van der Waals surface area contributed by atoms with Crippen LogP contribution >= 0.6 is 0 Å². The van der Waals surface area contributed by atoms with Gasteiger partial charge in [0, 0.05) is 19.1 Å². The van der Waals surface area contributed by atoms with Crippen LogP contribution in [0.15, 0.2) is 29.2 Å². The quantitative estimate of drug-likeness (QED) is 0.785. The van der Waals surface area contributed by atoms with Gasteiger partial charge in [0.1, 0.15) is 12.4 Å². The van der Waals surface area contributed by atoms with Crippen molar-refractivity contribution in [2.45, 2.75) is 31.9 Å². The minimum atomic E-state index is -2.75. The van der Waals surface area contributed by atoms with Gasteiger partial charge in [0.25, 0.3) is 12.0 Å². The molecule has 0 aliphatic carbocycles. The van der Waals surface area contributed by atoms with E-state index in [0.717, 1.165) is 31.2 Å². The number of halogens is 3. The Morgan fingerprint density at radius 1 is 1.41 bits per heavy atom. The highest BCUT2D eigenvalue weighted by molar-refractivity contribution is 5.41. The zero-order chi connectivity index (χ0) is 21.0. The van der Waals surface area contributed by atoms with Crippen molar-refractivity contribution in [1.82, 2.24) is 9.55 Å². The highest BCUT2D eigenvalue weighted by atomic mass is 19.3. The highest BCUT2D eigenvalue weighted by Crippen LogP contribution is 2.20. The lowest BCUT2D eigenvalue weighted by molar-refractivity contribution is 0.0807. The number of anilines is 1. The summed E-state index contributed by atoms with van der Waals surface area (Å²) in [6, 6.07) is 5.47. The second kappa shape index (κ2) is 8.96. The number of hydrogen-bond acceptors (Lipinski definition) is 6. The maximum atomic E-state index is 13.7. The molecule has 3 rings (SSSR count). The van der Waals surface area contributed by atoms with Crippen molar-refractivity contribution < 1.29 is 17.9 Å². The third kappa shape index (κ3) is 4.86. The number of rotatable bonds is 6. The zero-order valence-electron chi connectivity index (χ0n) is 15.5. The Morgan fingerprint density at radius 2 is 2.21 bits per heavy atom. The number of nitrogens with two attached hydrogens (primary N) is 1. The Hall–Kier alpha value is -3.06. The molecule has 0 bridgehead atoms. The van der Waals surface area contributed by atoms with Gasteiger partial charge in [0.05, 0.1) is 24.4 Å². The third-order valence-corrected chi connectivity index (χ3v) is 4.62. The standard InChI is InChI=1S/C19H20F3N5O2/c20-14-4-3-12(7-23)13(6-14)9-27-18(28)16(29-11-17(21)22)8-25-19(27)26-5-1-2-15(24)10-26/h3-4,6,8,15,17H,1-2,5,9-11,24H2/t15-/m1/s1. The number of nitrogens with zero attached hydrogens (tertiary/aromatic N) is 4. The zero-order valence-corrected chi connectivity index (χ0v) is 15.5. The molecule has 0 spiro atoms. The van der Waals surface area contributed by atoms with Crippen LogP contribution in [0.5, 0.6) is 5.75 Å². The molecular weight excluding hydrogens is 387 g/mol. The first-order valence-corrected chi connectivity index (χ1v) is 9.09. The van der Waals surface area contributed by atoms with Gasteiger partial charge >= 0.3 is 0 Å². The van der Waals surface area contributed by atoms with E-state index in [1.807, 2.05) is 11.0 Å². The average Bonchev–Trinajstić information content (AvgIpc) is 2.68. The summed E-state index contributed by atoms with van der Waals surface area (Å²) in [5.41, 5.74) is 5.79. The first kappa shape index (κ1) is 20.7. The molecule has 2 heterocycles. The molecule has 1 aromatic carbocycles. The van der Waals surface area contributed by atoms with Gasteiger partial charge < -0.3 is 15.4 Å². The van der Waals surface area contributed by atoms with Crippen molar-refractivity contribution in [2.75, 3.05) is 24.6 Å². The third-order valence-electron chi connectivity index (χ3n) is 4.62. The number of ether oxygens (including phenoxy) is 1. The summed E-state index contributed by atoms with van der Waals surface area (Å²) in [4.78, 5) is 19.0. The molecular formula is C19H20F3N5O2. The van der Waals surface area contributed by atoms with Crippen LogP contribution in [-0.2, 0) is 6.54 Å². The SMILES string of the molecule is N#Cc1ccc(F)cc1Cn1c(N2CCC[C@@H](N)C2)ncc(OCC(F)F)c1=O. The minimum absolute atomic E-state index is 0.104. The molecule has 1 aromatic heterocycles. The summed E-state index contributed by atoms with van der Waals surface area (Å²) in [6.07, 6.45) is -0.0212. The predicted molar refractivity (Wildman–Crippen MR) is 99.6 cm³/mol. The fourth-order valence-corrected chi connectivity index (χ4v) is 3.28. The van der Waals surface area contributed by atoms with E-state index in [9.17, 15) is 23.2 Å². The lowest BCUT2D eigenvalue weighted by atomic mass is 10.1. The van der Waals surface area contributed by atoms with E-state index < -0.39 is 24.4 Å². The lowest BCUT2D eigenvalue weighted by Crippen LogP contribution is -2.45. The molecule has 2 N–H and O–H groups in total. The van der Waals surface area contributed by atoms with Gasteiger partial charge in [-0.25, -0.2) is 18.2 Å². The molecule has 1 aliphatic heterocycles. The lowest BCUT2D eigenvalue weighted by Gasteiger charge is -2.33. The monoisotopic (exact) mass is 407 g/mol. The average molecular weight is 407 g/mol. The number of aromatic nitrogens is 2. The van der Waals surface area contributed by atoms with Gasteiger partial charge in [0.15, 0.2) is 0 Å². The molecule has 1 aliphatic rings. The summed E-state index contributed by atoms with van der Waals surface area (Å²) in [6.45, 7) is -0.0583. The smallest absolute Gasteiger partial charge is 0.297 e. The van der Waals surface area contributed by atoms with Gasteiger partial charge in [-0.2, -0.15) is 5.26 Å². The largest absolute Gasteiger partial charge is 0.481 e. The number of alkyl halides is 2. The summed E-state index contributed by atoms with van der Waals surface area (Å²) < 4.78 is 44.8. The second-order valence-corrected chi connectivity index (χ2v) is 6.78. The topological polar surface area (TPSA) is 97.2 Å². The summed E-state index contributed by atoms with van der Waals surface area (Å²) in [5, 5.41) is 9.30. The van der Waals surface area contributed by atoms with Gasteiger partial charge in [-0.3, -0.25) is 9.36 Å². The number of nitriles is 1. The van der Waals surface area contributed by atoms with Gasteiger partial charge in [0.2, 0.25) is 11.7 Å². The van der Waals surface area contributed by atoms with Crippen LogP contribution in [0.3, 0.4) is 0 Å². The van der Waals surface area contributed by atoms with Crippen molar-refractivity contribution in [2.24, 2.45) is 5.73 Å². The molecule has 0 radical (unpaired) electrons. The summed E-state index contributed by atoms with van der Waals surface area (Å²) in [7, 11) is 0. The van der Waals surface area contributed by atoms with Crippen LogP contribution < -0.4 is 20.9 Å². The molecule has 154 valence electrons. The molecule has 1 fully saturated rings. The fraction of sp³-hybridized carbons (Fsp3) is 0.421. The van der Waals surface area contributed by atoms with Crippen molar-refractivity contribution in [3.8, 4) is 11.8 Å². The van der Waals surface area contributed by atoms with Gasteiger partial charge in [-0.15, -0.1) is 0 Å². The molecule has 2 aromatic rings. The number of hydrogen-bond donors (Lipinski definition) is 1. The van der Waals surface area contributed by atoms with Crippen LogP contribution in [0.4, 0.5) is 19.1 Å². The predicted octanol–water partition coefficient (Wildman–Crippen LogP) is 1.87. The second-order valence-electron chi connectivity index (χ2n) is 6.78. The van der Waals surface area contributed by atoms with Crippen LogP contribution in [-0.4, -0.2) is 41.7 Å². The van der Waals surface area contributed by atoms with Gasteiger partial charge in [-0.1, -0.05) is 0 Å². The van der Waals surface area contributed by atoms with Crippen LogP contribution in [0, 0.1) is 17.1 Å². The van der Waals surface area contributed by atoms with Crippen LogP contribution in [0.1, 0.15) is 24.0 Å². The number of benzene rings is 1. The van der Waals surface area contributed by atoms with Crippen molar-refractivity contribution >= 4 is 5.95 Å². The van der Waals surface area contributed by atoms with E-state index in [0.29, 0.717) is 13.1 Å². The van der Waals surface area contributed by atoms with Crippen LogP contribution in [0.2, 0.25) is 0 Å². The Bertz CT molecular complexity index is 973. The summed E-state index contributed by atoms with van der Waals surface area (Å²) in [5.74, 6) is -0.639. The molecule has 1 atom stereocenters. The normalized spacial score (nSPS) is 16.7. The first-order valence-electron chi connectivity index (χ1n) is 9.09. The Labute approximate surface area is 165 Å². The molecule has 0 amide bonds. The van der Waals surface area contributed by atoms with Crippen molar-refractivity contribution in [3.05, 3.63) is 51.7 Å². The Kier molecular flexibility index (Phi) is 6.39. The maximum absolute atomic E-state index is 13.7. The van der Waals surface area contributed by atoms with E-state index in [4.69, 9.17) is 10.5 Å². The Morgan fingerprint density at radius 3 is 2.90 bits per heavy atom. The molecule has 10 heteroatoms. The molecule has 0 unspecified atom stereocenters. The van der Waals surface area contributed by atoms with Crippen molar-refractivity contribution in [3.63, 3.8) is 0 Å². The van der Waals surface area contributed by atoms with E-state index in [-0.39, 0.29) is 35.4 Å². The van der Waals surface area contributed by atoms with Crippen LogP contribution in [0.25, 0.3) is 0 Å². The van der Waals surface area contributed by atoms with E-state index >= 15 is 0 Å². The molecule has 7 nitrogen and oxygen atoms in total. The molecule has 0 saturated carbocycles. The Balaban J connectivity index is 2.05. The summed E-state index contributed by atoms with van der Waals surface area (Å²) >= 11 is 0. The minimum Gasteiger partial charge on any atom is -0.481 e. The van der Waals surface area contributed by atoms with Gasteiger partial charge in [-0.05, 0) is 36.6 Å². The van der Waals surface area contributed by atoms with E-state index in [1.54, 1.807) is 0 Å². The van der Waals surface area contributed by atoms with E-state index in [2.05, 4.69) is 4.98 Å². The molecule has 29 heavy (non-hydrogen) atoms.